The normalized spacial score (nSPS) is 10.0. The van der Waals surface area contributed by atoms with Gasteiger partial charge in [-0.25, -0.2) is 0 Å². The SMILES string of the molecule is CCc1c(C)n(O)ccc1=N. The third kappa shape index (κ3) is 1.27. The number of rotatable bonds is 1. The van der Waals surface area contributed by atoms with Gasteiger partial charge < -0.3 is 10.6 Å². The first kappa shape index (κ1) is 7.85. The maximum Gasteiger partial charge on any atom is 0.0606 e. The molecular formula is C8H12N2O. The van der Waals surface area contributed by atoms with Crippen molar-refractivity contribution >= 4 is 0 Å². The highest BCUT2D eigenvalue weighted by molar-refractivity contribution is 5.17. The fraction of sp³-hybridized carbons (Fsp3) is 0.375. The minimum absolute atomic E-state index is 0.496. The Balaban J connectivity index is 3.41. The highest BCUT2D eigenvalue weighted by Gasteiger charge is 2.00. The second kappa shape index (κ2) is 2.78. The highest BCUT2D eigenvalue weighted by Crippen LogP contribution is 2.00. The fourth-order valence-corrected chi connectivity index (χ4v) is 1.14. The number of hydrogen-bond acceptors (Lipinski definition) is 2. The molecule has 0 spiro atoms. The van der Waals surface area contributed by atoms with E-state index in [4.69, 9.17) is 5.41 Å². The van der Waals surface area contributed by atoms with E-state index < -0.39 is 0 Å². The first-order valence-corrected chi connectivity index (χ1v) is 3.61. The number of pyridine rings is 1. The van der Waals surface area contributed by atoms with E-state index in [0.29, 0.717) is 5.36 Å². The molecule has 1 aromatic rings. The summed E-state index contributed by atoms with van der Waals surface area (Å²) >= 11 is 0. The summed E-state index contributed by atoms with van der Waals surface area (Å²) in [7, 11) is 0. The first-order chi connectivity index (χ1) is 5.16. The Kier molecular flexibility index (Phi) is 1.98. The van der Waals surface area contributed by atoms with Crippen molar-refractivity contribution in [1.29, 1.82) is 5.41 Å². The average molecular weight is 152 g/mol. The molecule has 0 saturated carbocycles. The van der Waals surface area contributed by atoms with Crippen LogP contribution in [0.3, 0.4) is 0 Å². The van der Waals surface area contributed by atoms with Crippen LogP contribution in [0.25, 0.3) is 0 Å². The summed E-state index contributed by atoms with van der Waals surface area (Å²) in [6, 6.07) is 1.59. The van der Waals surface area contributed by atoms with Crippen LogP contribution in [0.4, 0.5) is 0 Å². The molecule has 0 unspecified atom stereocenters. The number of hydrogen-bond donors (Lipinski definition) is 2. The first-order valence-electron chi connectivity index (χ1n) is 3.61. The summed E-state index contributed by atoms with van der Waals surface area (Å²) in [6.45, 7) is 3.78. The van der Waals surface area contributed by atoms with E-state index in [1.54, 1.807) is 13.0 Å². The minimum atomic E-state index is 0.496. The van der Waals surface area contributed by atoms with Crippen LogP contribution in [0.15, 0.2) is 12.3 Å². The summed E-state index contributed by atoms with van der Waals surface area (Å²) in [6.07, 6.45) is 2.27. The Morgan fingerprint density at radius 1 is 1.64 bits per heavy atom. The van der Waals surface area contributed by atoms with Crippen LogP contribution in [0.5, 0.6) is 0 Å². The molecule has 0 amide bonds. The molecule has 1 heterocycles. The molecule has 0 bridgehead atoms. The molecule has 0 aliphatic heterocycles. The van der Waals surface area contributed by atoms with Crippen LogP contribution in [0, 0.1) is 12.3 Å². The van der Waals surface area contributed by atoms with Crippen molar-refractivity contribution in [1.82, 2.24) is 4.73 Å². The quantitative estimate of drug-likeness (QED) is 0.581. The van der Waals surface area contributed by atoms with E-state index in [1.165, 1.54) is 6.20 Å². The van der Waals surface area contributed by atoms with Crippen LogP contribution >= 0.6 is 0 Å². The lowest BCUT2D eigenvalue weighted by atomic mass is 10.1. The van der Waals surface area contributed by atoms with Gasteiger partial charge in [-0.15, -0.1) is 0 Å². The van der Waals surface area contributed by atoms with Gasteiger partial charge in [0.15, 0.2) is 0 Å². The third-order valence-electron chi connectivity index (χ3n) is 1.84. The van der Waals surface area contributed by atoms with Crippen molar-refractivity contribution in [3.63, 3.8) is 0 Å². The monoisotopic (exact) mass is 152 g/mol. The lowest BCUT2D eigenvalue weighted by Gasteiger charge is -2.06. The summed E-state index contributed by atoms with van der Waals surface area (Å²) in [5.74, 6) is 0. The van der Waals surface area contributed by atoms with Crippen LogP contribution in [-0.4, -0.2) is 9.94 Å². The van der Waals surface area contributed by atoms with Gasteiger partial charge in [-0.05, 0) is 25.0 Å². The topological polar surface area (TPSA) is 49.0 Å². The molecule has 0 radical (unpaired) electrons. The Morgan fingerprint density at radius 3 is 2.73 bits per heavy atom. The molecule has 0 aliphatic carbocycles. The van der Waals surface area contributed by atoms with Gasteiger partial charge in [-0.2, -0.15) is 4.73 Å². The molecule has 0 atom stereocenters. The van der Waals surface area contributed by atoms with Gasteiger partial charge in [0.1, 0.15) is 0 Å². The number of nitrogens with zero attached hydrogens (tertiary/aromatic N) is 1. The molecule has 3 heteroatoms. The van der Waals surface area contributed by atoms with E-state index >= 15 is 0 Å². The van der Waals surface area contributed by atoms with Crippen molar-refractivity contribution in [2.45, 2.75) is 20.3 Å². The average Bonchev–Trinajstić information content (AvgIpc) is 1.99. The molecule has 60 valence electrons. The zero-order chi connectivity index (χ0) is 8.43. The maximum absolute atomic E-state index is 9.19. The lowest BCUT2D eigenvalue weighted by Crippen LogP contribution is -2.14. The van der Waals surface area contributed by atoms with Crippen molar-refractivity contribution in [2.75, 3.05) is 0 Å². The largest absolute Gasteiger partial charge is 0.429 e. The van der Waals surface area contributed by atoms with E-state index in [0.717, 1.165) is 22.4 Å². The Hall–Kier alpha value is -1.25. The van der Waals surface area contributed by atoms with Crippen molar-refractivity contribution in [2.24, 2.45) is 0 Å². The highest BCUT2D eigenvalue weighted by atomic mass is 16.5. The van der Waals surface area contributed by atoms with Gasteiger partial charge >= 0.3 is 0 Å². The molecule has 2 N–H and O–H groups in total. The minimum Gasteiger partial charge on any atom is -0.429 e. The van der Waals surface area contributed by atoms with Gasteiger partial charge in [0.05, 0.1) is 11.1 Å². The third-order valence-corrected chi connectivity index (χ3v) is 1.84. The molecule has 0 aromatic carbocycles. The zero-order valence-electron chi connectivity index (χ0n) is 6.76. The Labute approximate surface area is 65.4 Å². The summed E-state index contributed by atoms with van der Waals surface area (Å²) in [4.78, 5) is 0. The summed E-state index contributed by atoms with van der Waals surface area (Å²) in [5, 5.41) is 17.2. The number of nitrogens with one attached hydrogen (secondary N) is 1. The van der Waals surface area contributed by atoms with Crippen LogP contribution in [0.1, 0.15) is 18.2 Å². The smallest absolute Gasteiger partial charge is 0.0606 e. The van der Waals surface area contributed by atoms with Gasteiger partial charge in [0, 0.05) is 6.20 Å². The lowest BCUT2D eigenvalue weighted by molar-refractivity contribution is 0.176. The van der Waals surface area contributed by atoms with Gasteiger partial charge in [-0.3, -0.25) is 0 Å². The van der Waals surface area contributed by atoms with E-state index in [9.17, 15) is 5.21 Å². The molecular weight excluding hydrogens is 140 g/mol. The van der Waals surface area contributed by atoms with E-state index in [-0.39, 0.29) is 0 Å². The fourth-order valence-electron chi connectivity index (χ4n) is 1.14. The van der Waals surface area contributed by atoms with Crippen LogP contribution < -0.4 is 5.36 Å². The van der Waals surface area contributed by atoms with Gasteiger partial charge in [0.2, 0.25) is 0 Å². The van der Waals surface area contributed by atoms with Crippen LogP contribution in [0.2, 0.25) is 0 Å². The molecule has 3 nitrogen and oxygen atoms in total. The molecule has 1 aromatic heterocycles. The predicted octanol–water partition coefficient (Wildman–Crippen LogP) is 1.08. The zero-order valence-corrected chi connectivity index (χ0v) is 6.76. The standard InChI is InChI=1S/C8H12N2O/c1-3-7-6(2)10(11)5-4-8(7)9/h4-5,9,11H,3H2,1-2H3. The van der Waals surface area contributed by atoms with Gasteiger partial charge in [0.25, 0.3) is 0 Å². The molecule has 11 heavy (non-hydrogen) atoms. The van der Waals surface area contributed by atoms with E-state index in [2.05, 4.69) is 0 Å². The Bertz CT molecular complexity index is 314. The summed E-state index contributed by atoms with van der Waals surface area (Å²) in [5.41, 5.74) is 1.65. The maximum atomic E-state index is 9.19. The van der Waals surface area contributed by atoms with Crippen molar-refractivity contribution in [3.05, 3.63) is 28.9 Å². The molecule has 0 saturated heterocycles. The second-order valence-corrected chi connectivity index (χ2v) is 2.49. The van der Waals surface area contributed by atoms with Crippen LogP contribution in [-0.2, 0) is 6.42 Å². The van der Waals surface area contributed by atoms with E-state index in [1.807, 2.05) is 6.92 Å². The Morgan fingerprint density at radius 2 is 2.27 bits per heavy atom. The summed E-state index contributed by atoms with van der Waals surface area (Å²) < 4.78 is 1.05. The molecule has 1 rings (SSSR count). The molecule has 0 fully saturated rings. The predicted molar refractivity (Wildman–Crippen MR) is 41.6 cm³/mol. The van der Waals surface area contributed by atoms with Crippen molar-refractivity contribution in [3.8, 4) is 0 Å². The van der Waals surface area contributed by atoms with Gasteiger partial charge in [-0.1, -0.05) is 6.92 Å². The second-order valence-electron chi connectivity index (χ2n) is 2.49. The number of aromatic nitrogens is 1. The molecule has 0 aliphatic rings. The van der Waals surface area contributed by atoms with Crippen molar-refractivity contribution < 1.29 is 5.21 Å².